The van der Waals surface area contributed by atoms with Gasteiger partial charge in [-0.25, -0.2) is 4.79 Å². The summed E-state index contributed by atoms with van der Waals surface area (Å²) >= 11 is 0. The number of hydrogen-bond acceptors (Lipinski definition) is 2. The standard InChI is InChI=1S/C25H19F6NO3/c1-32(22(33)18-12-19(24(26,27)28)14-20(13-18)25(29,30)31)21(23(34)35)8-4-5-15-9-10-16-6-2-3-7-17(16)11-15/h2-3,6-14H,4-5H2,1H3,(H,34,35). The van der Waals surface area contributed by atoms with Crippen LogP contribution in [0.2, 0.25) is 0 Å². The molecule has 0 bridgehead atoms. The second kappa shape index (κ2) is 9.81. The molecule has 3 aromatic carbocycles. The molecule has 0 unspecified atom stereocenters. The molecule has 0 aliphatic carbocycles. The fraction of sp³-hybridized carbons (Fsp3) is 0.200. The van der Waals surface area contributed by atoms with Gasteiger partial charge in [0, 0.05) is 12.6 Å². The minimum atomic E-state index is -5.14. The molecule has 1 N–H and O–H groups in total. The van der Waals surface area contributed by atoms with Gasteiger partial charge in [-0.1, -0.05) is 48.5 Å². The maximum absolute atomic E-state index is 13.1. The fourth-order valence-corrected chi connectivity index (χ4v) is 3.52. The number of carboxylic acids is 1. The van der Waals surface area contributed by atoms with E-state index < -0.39 is 46.6 Å². The Morgan fingerprint density at radius 2 is 1.43 bits per heavy atom. The normalized spacial score (nSPS) is 12.6. The second-order valence-corrected chi connectivity index (χ2v) is 7.77. The van der Waals surface area contributed by atoms with Crippen LogP contribution in [0.3, 0.4) is 0 Å². The van der Waals surface area contributed by atoms with E-state index >= 15 is 0 Å². The first kappa shape index (κ1) is 25.8. The Kier molecular flexibility index (Phi) is 7.23. The van der Waals surface area contributed by atoms with Gasteiger partial charge in [0.1, 0.15) is 5.70 Å². The summed E-state index contributed by atoms with van der Waals surface area (Å²) in [6, 6.07) is 13.7. The topological polar surface area (TPSA) is 57.6 Å². The van der Waals surface area contributed by atoms with Crippen molar-refractivity contribution in [1.29, 1.82) is 0 Å². The number of carboxylic acid groups (broad SMARTS) is 1. The summed E-state index contributed by atoms with van der Waals surface area (Å²) in [7, 11) is 0.978. The van der Waals surface area contributed by atoms with Gasteiger partial charge < -0.3 is 10.0 Å². The van der Waals surface area contributed by atoms with Crippen molar-refractivity contribution in [3.63, 3.8) is 0 Å². The molecule has 0 aliphatic rings. The first-order chi connectivity index (χ1) is 16.3. The lowest BCUT2D eigenvalue weighted by molar-refractivity contribution is -0.143. The Hall–Kier alpha value is -3.82. The largest absolute Gasteiger partial charge is 0.477 e. The predicted octanol–water partition coefficient (Wildman–Crippen LogP) is 6.55. The van der Waals surface area contributed by atoms with Crippen LogP contribution >= 0.6 is 0 Å². The van der Waals surface area contributed by atoms with E-state index in [2.05, 4.69) is 0 Å². The predicted molar refractivity (Wildman–Crippen MR) is 117 cm³/mol. The summed E-state index contributed by atoms with van der Waals surface area (Å²) in [5.74, 6) is -2.87. The highest BCUT2D eigenvalue weighted by Gasteiger charge is 2.38. The van der Waals surface area contributed by atoms with Crippen molar-refractivity contribution in [2.75, 3.05) is 7.05 Å². The maximum Gasteiger partial charge on any atom is 0.416 e. The molecule has 0 fully saturated rings. The van der Waals surface area contributed by atoms with E-state index in [4.69, 9.17) is 0 Å². The monoisotopic (exact) mass is 495 g/mol. The molecule has 0 saturated heterocycles. The number of allylic oxidation sites excluding steroid dienone is 1. The Labute approximate surface area is 196 Å². The molecule has 0 saturated carbocycles. The van der Waals surface area contributed by atoms with Crippen LogP contribution in [0.1, 0.15) is 33.5 Å². The zero-order chi connectivity index (χ0) is 26.0. The van der Waals surface area contributed by atoms with Gasteiger partial charge in [-0.05, 0) is 47.4 Å². The van der Waals surface area contributed by atoms with Gasteiger partial charge in [0.2, 0.25) is 0 Å². The van der Waals surface area contributed by atoms with Crippen molar-refractivity contribution in [2.24, 2.45) is 0 Å². The van der Waals surface area contributed by atoms with Gasteiger partial charge in [0.25, 0.3) is 5.91 Å². The highest BCUT2D eigenvalue weighted by atomic mass is 19.4. The first-order valence-electron chi connectivity index (χ1n) is 10.3. The van der Waals surface area contributed by atoms with Crippen LogP contribution in [-0.2, 0) is 23.6 Å². The number of carbonyl (C=O) groups is 2. The number of halogens is 6. The van der Waals surface area contributed by atoms with Crippen LogP contribution in [0, 0.1) is 0 Å². The molecule has 35 heavy (non-hydrogen) atoms. The van der Waals surface area contributed by atoms with E-state index in [0.717, 1.165) is 23.4 Å². The number of alkyl halides is 6. The second-order valence-electron chi connectivity index (χ2n) is 7.77. The molecule has 184 valence electrons. The lowest BCUT2D eigenvalue weighted by Gasteiger charge is -2.20. The molecule has 0 spiro atoms. The third-order valence-electron chi connectivity index (χ3n) is 5.30. The smallest absolute Gasteiger partial charge is 0.416 e. The number of carbonyl (C=O) groups excluding carboxylic acids is 1. The van der Waals surface area contributed by atoms with Gasteiger partial charge in [0.05, 0.1) is 11.1 Å². The number of benzene rings is 3. The van der Waals surface area contributed by atoms with Crippen LogP contribution < -0.4 is 0 Å². The van der Waals surface area contributed by atoms with Crippen molar-refractivity contribution >= 4 is 22.6 Å². The molecule has 3 aromatic rings. The van der Waals surface area contributed by atoms with Gasteiger partial charge in [-0.15, -0.1) is 0 Å². The molecule has 0 atom stereocenters. The number of amides is 1. The molecule has 3 rings (SSSR count). The lowest BCUT2D eigenvalue weighted by atomic mass is 10.0. The minimum Gasteiger partial charge on any atom is -0.477 e. The van der Waals surface area contributed by atoms with Gasteiger partial charge in [0.15, 0.2) is 0 Å². The van der Waals surface area contributed by atoms with E-state index in [1.165, 1.54) is 6.08 Å². The molecular weight excluding hydrogens is 476 g/mol. The lowest BCUT2D eigenvalue weighted by Crippen LogP contribution is -2.30. The van der Waals surface area contributed by atoms with E-state index in [1.807, 2.05) is 42.5 Å². The molecule has 0 aliphatic heterocycles. The van der Waals surface area contributed by atoms with Crippen molar-refractivity contribution in [3.05, 3.63) is 94.7 Å². The highest BCUT2D eigenvalue weighted by Crippen LogP contribution is 2.36. The first-order valence-corrected chi connectivity index (χ1v) is 10.3. The zero-order valence-corrected chi connectivity index (χ0v) is 18.2. The number of hydrogen-bond donors (Lipinski definition) is 1. The summed E-state index contributed by atoms with van der Waals surface area (Å²) in [5.41, 5.74) is -3.95. The average molecular weight is 495 g/mol. The Balaban J connectivity index is 1.86. The van der Waals surface area contributed by atoms with E-state index in [-0.39, 0.29) is 24.6 Å². The van der Waals surface area contributed by atoms with Crippen LogP contribution in [0.4, 0.5) is 26.3 Å². The van der Waals surface area contributed by atoms with E-state index in [9.17, 15) is 41.0 Å². The van der Waals surface area contributed by atoms with Crippen molar-refractivity contribution in [1.82, 2.24) is 4.90 Å². The minimum absolute atomic E-state index is 0.103. The summed E-state index contributed by atoms with van der Waals surface area (Å²) in [4.78, 5) is 25.0. The highest BCUT2D eigenvalue weighted by molar-refractivity contribution is 6.00. The Morgan fingerprint density at radius 1 is 0.857 bits per heavy atom. The molecule has 1 amide bonds. The van der Waals surface area contributed by atoms with Crippen molar-refractivity contribution in [2.45, 2.75) is 25.2 Å². The Morgan fingerprint density at radius 3 is 1.97 bits per heavy atom. The maximum atomic E-state index is 13.1. The fourth-order valence-electron chi connectivity index (χ4n) is 3.52. The number of likely N-dealkylation sites (N-methyl/N-ethyl adjacent to an activating group) is 1. The molecular formula is C25H19F6NO3. The molecule has 4 nitrogen and oxygen atoms in total. The molecule has 10 heteroatoms. The number of aryl methyl sites for hydroxylation is 1. The number of rotatable bonds is 6. The summed E-state index contributed by atoms with van der Waals surface area (Å²) < 4.78 is 78.7. The van der Waals surface area contributed by atoms with E-state index in [1.54, 1.807) is 0 Å². The number of fused-ring (bicyclic) bond motifs is 1. The summed E-state index contributed by atoms with van der Waals surface area (Å²) in [6.45, 7) is 0. The van der Waals surface area contributed by atoms with Gasteiger partial charge >= 0.3 is 18.3 Å². The third-order valence-corrected chi connectivity index (χ3v) is 5.30. The molecule has 0 aromatic heterocycles. The number of aliphatic carboxylic acids is 1. The van der Waals surface area contributed by atoms with E-state index in [0.29, 0.717) is 11.3 Å². The van der Waals surface area contributed by atoms with Gasteiger partial charge in [-0.2, -0.15) is 26.3 Å². The zero-order valence-electron chi connectivity index (χ0n) is 18.2. The molecule has 0 heterocycles. The third kappa shape index (κ3) is 6.20. The van der Waals surface area contributed by atoms with Crippen LogP contribution in [-0.4, -0.2) is 28.9 Å². The van der Waals surface area contributed by atoms with Gasteiger partial charge in [-0.3, -0.25) is 4.79 Å². The summed E-state index contributed by atoms with van der Waals surface area (Å²) in [6.07, 6.45) is -8.52. The molecule has 0 radical (unpaired) electrons. The van der Waals surface area contributed by atoms with Crippen LogP contribution in [0.15, 0.2) is 72.4 Å². The number of nitrogens with zero attached hydrogens (tertiary/aromatic N) is 1. The summed E-state index contributed by atoms with van der Waals surface area (Å²) in [5, 5.41) is 11.5. The van der Waals surface area contributed by atoms with Crippen molar-refractivity contribution in [3.8, 4) is 0 Å². The average Bonchev–Trinajstić information content (AvgIpc) is 2.79. The Bertz CT molecular complexity index is 1260. The van der Waals surface area contributed by atoms with Crippen LogP contribution in [0.5, 0.6) is 0 Å². The van der Waals surface area contributed by atoms with Crippen LogP contribution in [0.25, 0.3) is 10.8 Å². The quantitative estimate of drug-likeness (QED) is 0.312. The SMILES string of the molecule is CN(C(=O)c1cc(C(F)(F)F)cc(C(F)(F)F)c1)C(=CCCc1ccc2ccccc2c1)C(=O)O. The van der Waals surface area contributed by atoms with Crippen molar-refractivity contribution < 1.29 is 41.0 Å².